The van der Waals surface area contributed by atoms with E-state index in [1.165, 1.54) is 32.1 Å². The molecule has 17 heavy (non-hydrogen) atoms. The van der Waals surface area contributed by atoms with E-state index in [1.54, 1.807) is 0 Å². The van der Waals surface area contributed by atoms with Gasteiger partial charge in [-0.1, -0.05) is 25.3 Å². The van der Waals surface area contributed by atoms with Crippen LogP contribution in [0.2, 0.25) is 0 Å². The molecule has 94 valence electrons. The average molecular weight is 234 g/mol. The fourth-order valence-corrected chi connectivity index (χ4v) is 2.60. The maximum Gasteiger partial charge on any atom is 0.128 e. The van der Waals surface area contributed by atoms with E-state index < -0.39 is 0 Å². The summed E-state index contributed by atoms with van der Waals surface area (Å²) in [6.45, 7) is 2.04. The van der Waals surface area contributed by atoms with Gasteiger partial charge in [-0.15, -0.1) is 0 Å². The third-order valence-electron chi connectivity index (χ3n) is 3.83. The molecule has 2 rings (SSSR count). The topological polar surface area (TPSA) is 36.4 Å². The van der Waals surface area contributed by atoms with Gasteiger partial charge in [0.1, 0.15) is 5.82 Å². The Labute approximate surface area is 103 Å². The summed E-state index contributed by atoms with van der Waals surface area (Å²) >= 11 is 0. The predicted octanol–water partition coefficient (Wildman–Crippen LogP) is 2.65. The highest BCUT2D eigenvalue weighted by molar-refractivity contribution is 5.41. The molecule has 0 bridgehead atoms. The first-order chi connectivity index (χ1) is 8.22. The van der Waals surface area contributed by atoms with Crippen molar-refractivity contribution in [3.8, 4) is 0 Å². The SMILES string of the molecule is Cc1nc(N(C)C2CCCCC2)ccc1CO. The van der Waals surface area contributed by atoms with E-state index in [4.69, 9.17) is 5.11 Å². The van der Waals surface area contributed by atoms with Crippen LogP contribution in [0.4, 0.5) is 5.82 Å². The number of rotatable bonds is 3. The lowest BCUT2D eigenvalue weighted by Gasteiger charge is -2.32. The molecule has 3 nitrogen and oxygen atoms in total. The number of aliphatic hydroxyl groups is 1. The Morgan fingerprint density at radius 1 is 1.29 bits per heavy atom. The molecule has 1 N–H and O–H groups in total. The number of aromatic nitrogens is 1. The fourth-order valence-electron chi connectivity index (χ4n) is 2.60. The van der Waals surface area contributed by atoms with Crippen molar-refractivity contribution in [2.24, 2.45) is 0 Å². The molecule has 0 radical (unpaired) electrons. The number of anilines is 1. The molecular formula is C14H22N2O. The average Bonchev–Trinajstić information content (AvgIpc) is 2.39. The van der Waals surface area contributed by atoms with Gasteiger partial charge in [0.25, 0.3) is 0 Å². The van der Waals surface area contributed by atoms with Crippen LogP contribution in [0.1, 0.15) is 43.4 Å². The zero-order valence-electron chi connectivity index (χ0n) is 10.8. The quantitative estimate of drug-likeness (QED) is 0.873. The van der Waals surface area contributed by atoms with Crippen LogP contribution in [-0.2, 0) is 6.61 Å². The number of pyridine rings is 1. The van der Waals surface area contributed by atoms with Crippen LogP contribution in [0.25, 0.3) is 0 Å². The van der Waals surface area contributed by atoms with Crippen molar-refractivity contribution in [1.29, 1.82) is 0 Å². The lowest BCUT2D eigenvalue weighted by atomic mass is 9.94. The minimum Gasteiger partial charge on any atom is -0.392 e. The van der Waals surface area contributed by atoms with Gasteiger partial charge >= 0.3 is 0 Å². The van der Waals surface area contributed by atoms with Gasteiger partial charge in [-0.05, 0) is 31.4 Å². The monoisotopic (exact) mass is 234 g/mol. The zero-order chi connectivity index (χ0) is 12.3. The lowest BCUT2D eigenvalue weighted by molar-refractivity contribution is 0.280. The maximum absolute atomic E-state index is 9.14. The Bertz CT molecular complexity index is 372. The van der Waals surface area contributed by atoms with Gasteiger partial charge in [0.15, 0.2) is 0 Å². The molecule has 0 unspecified atom stereocenters. The van der Waals surface area contributed by atoms with Crippen molar-refractivity contribution < 1.29 is 5.11 Å². The molecule has 1 aliphatic rings. The van der Waals surface area contributed by atoms with Gasteiger partial charge in [-0.2, -0.15) is 0 Å². The van der Waals surface area contributed by atoms with E-state index in [2.05, 4.69) is 16.9 Å². The second kappa shape index (κ2) is 5.50. The van der Waals surface area contributed by atoms with Gasteiger partial charge in [0.2, 0.25) is 0 Å². The Hall–Kier alpha value is -1.09. The van der Waals surface area contributed by atoms with Crippen LogP contribution in [0.3, 0.4) is 0 Å². The van der Waals surface area contributed by atoms with Crippen LogP contribution < -0.4 is 4.90 Å². The first-order valence-electron chi connectivity index (χ1n) is 6.52. The Balaban J connectivity index is 2.12. The lowest BCUT2D eigenvalue weighted by Crippen LogP contribution is -2.34. The number of aryl methyl sites for hydroxylation is 1. The molecule has 1 aliphatic carbocycles. The number of aliphatic hydroxyl groups excluding tert-OH is 1. The number of hydrogen-bond acceptors (Lipinski definition) is 3. The smallest absolute Gasteiger partial charge is 0.128 e. The van der Waals surface area contributed by atoms with Crippen molar-refractivity contribution in [2.75, 3.05) is 11.9 Å². The minimum atomic E-state index is 0.0757. The summed E-state index contributed by atoms with van der Waals surface area (Å²) in [5.41, 5.74) is 1.86. The van der Waals surface area contributed by atoms with Crippen molar-refractivity contribution >= 4 is 5.82 Å². The predicted molar refractivity (Wildman–Crippen MR) is 70.2 cm³/mol. The minimum absolute atomic E-state index is 0.0757. The molecule has 1 aromatic heterocycles. The fraction of sp³-hybridized carbons (Fsp3) is 0.643. The molecule has 0 spiro atoms. The van der Waals surface area contributed by atoms with E-state index in [0.717, 1.165) is 17.1 Å². The van der Waals surface area contributed by atoms with E-state index >= 15 is 0 Å². The molecule has 0 saturated heterocycles. The second-order valence-electron chi connectivity index (χ2n) is 4.97. The Morgan fingerprint density at radius 3 is 2.59 bits per heavy atom. The number of nitrogens with zero attached hydrogens (tertiary/aromatic N) is 2. The van der Waals surface area contributed by atoms with Crippen molar-refractivity contribution in [1.82, 2.24) is 4.98 Å². The third kappa shape index (κ3) is 2.78. The molecule has 1 saturated carbocycles. The van der Waals surface area contributed by atoms with Gasteiger partial charge in [0, 0.05) is 18.8 Å². The Morgan fingerprint density at radius 2 is 2.00 bits per heavy atom. The van der Waals surface area contributed by atoms with Gasteiger partial charge in [-0.3, -0.25) is 0 Å². The summed E-state index contributed by atoms with van der Waals surface area (Å²) in [5.74, 6) is 1.03. The largest absolute Gasteiger partial charge is 0.392 e. The molecular weight excluding hydrogens is 212 g/mol. The molecule has 0 aromatic carbocycles. The first kappa shape index (κ1) is 12.4. The standard InChI is InChI=1S/C14H22N2O/c1-11-12(10-17)8-9-14(15-11)16(2)13-6-4-3-5-7-13/h8-9,13,17H,3-7,10H2,1-2H3. The van der Waals surface area contributed by atoms with E-state index in [0.29, 0.717) is 6.04 Å². The summed E-state index contributed by atoms with van der Waals surface area (Å²) in [4.78, 5) is 6.88. The third-order valence-corrected chi connectivity index (χ3v) is 3.83. The van der Waals surface area contributed by atoms with Crippen LogP contribution in [0.5, 0.6) is 0 Å². The summed E-state index contributed by atoms with van der Waals surface area (Å²) in [6.07, 6.45) is 6.60. The molecule has 1 heterocycles. The number of hydrogen-bond donors (Lipinski definition) is 1. The van der Waals surface area contributed by atoms with Crippen LogP contribution >= 0.6 is 0 Å². The summed E-state index contributed by atoms with van der Waals surface area (Å²) in [7, 11) is 2.14. The van der Waals surface area contributed by atoms with Gasteiger partial charge in [-0.25, -0.2) is 4.98 Å². The highest BCUT2D eigenvalue weighted by Gasteiger charge is 2.19. The Kier molecular flexibility index (Phi) is 4.00. The second-order valence-corrected chi connectivity index (χ2v) is 4.97. The molecule has 1 fully saturated rings. The summed E-state index contributed by atoms with van der Waals surface area (Å²) in [5, 5.41) is 9.14. The summed E-state index contributed by atoms with van der Waals surface area (Å²) < 4.78 is 0. The van der Waals surface area contributed by atoms with E-state index in [1.807, 2.05) is 19.1 Å². The summed E-state index contributed by atoms with van der Waals surface area (Å²) in [6, 6.07) is 4.64. The molecule has 0 amide bonds. The molecule has 3 heteroatoms. The van der Waals surface area contributed by atoms with Crippen molar-refractivity contribution in [3.05, 3.63) is 23.4 Å². The molecule has 0 aliphatic heterocycles. The molecule has 0 atom stereocenters. The van der Waals surface area contributed by atoms with E-state index in [9.17, 15) is 0 Å². The van der Waals surface area contributed by atoms with Crippen LogP contribution in [-0.4, -0.2) is 23.2 Å². The van der Waals surface area contributed by atoms with Gasteiger partial charge < -0.3 is 10.0 Å². The van der Waals surface area contributed by atoms with Crippen LogP contribution in [0, 0.1) is 6.92 Å². The van der Waals surface area contributed by atoms with Crippen molar-refractivity contribution in [3.63, 3.8) is 0 Å². The molecule has 1 aromatic rings. The first-order valence-corrected chi connectivity index (χ1v) is 6.52. The maximum atomic E-state index is 9.14. The normalized spacial score (nSPS) is 17.1. The zero-order valence-corrected chi connectivity index (χ0v) is 10.8. The van der Waals surface area contributed by atoms with E-state index in [-0.39, 0.29) is 6.61 Å². The highest BCUT2D eigenvalue weighted by atomic mass is 16.3. The van der Waals surface area contributed by atoms with Gasteiger partial charge in [0.05, 0.1) is 6.61 Å². The highest BCUT2D eigenvalue weighted by Crippen LogP contribution is 2.25. The van der Waals surface area contributed by atoms with Crippen LogP contribution in [0.15, 0.2) is 12.1 Å². The van der Waals surface area contributed by atoms with Crippen molar-refractivity contribution in [2.45, 2.75) is 51.7 Å².